The quantitative estimate of drug-likeness (QED) is 0.523. The molecule has 4 aromatic heterocycles. The van der Waals surface area contributed by atoms with E-state index in [0.29, 0.717) is 28.9 Å². The predicted octanol–water partition coefficient (Wildman–Crippen LogP) is 3.88. The van der Waals surface area contributed by atoms with Crippen LogP contribution in [0.5, 0.6) is 0 Å². The predicted molar refractivity (Wildman–Crippen MR) is 116 cm³/mol. The van der Waals surface area contributed by atoms with Gasteiger partial charge in [0.1, 0.15) is 23.0 Å². The summed E-state index contributed by atoms with van der Waals surface area (Å²) in [7, 11) is 0. The molecule has 1 aliphatic carbocycles. The third-order valence-electron chi connectivity index (χ3n) is 5.31. The highest BCUT2D eigenvalue weighted by atomic mass is 19.1. The lowest BCUT2D eigenvalue weighted by Gasteiger charge is -2.02. The van der Waals surface area contributed by atoms with Gasteiger partial charge in [0.2, 0.25) is 0 Å². The fourth-order valence-electron chi connectivity index (χ4n) is 3.66. The molecule has 0 aromatic carbocycles. The number of aromatic amines is 1. The number of nitrogens with two attached hydrogens (primary N) is 1. The third kappa shape index (κ3) is 3.86. The maximum atomic E-state index is 13.4. The molecular formula is C22H23FN8. The van der Waals surface area contributed by atoms with E-state index in [1.165, 1.54) is 25.1 Å². The zero-order valence-corrected chi connectivity index (χ0v) is 17.4. The molecule has 0 amide bonds. The van der Waals surface area contributed by atoms with Crippen LogP contribution in [0.3, 0.4) is 0 Å². The maximum Gasteiger partial charge on any atom is 0.157 e. The van der Waals surface area contributed by atoms with Crippen LogP contribution in [0.2, 0.25) is 0 Å². The van der Waals surface area contributed by atoms with Crippen LogP contribution in [0.15, 0.2) is 42.7 Å². The Hall–Kier alpha value is -3.75. The first-order chi connectivity index (χ1) is 15.0. The summed E-state index contributed by atoms with van der Waals surface area (Å²) in [4.78, 5) is 12.1. The van der Waals surface area contributed by atoms with Crippen LogP contribution in [0.4, 0.5) is 10.2 Å². The van der Waals surface area contributed by atoms with Crippen molar-refractivity contribution in [3.8, 4) is 17.2 Å². The van der Waals surface area contributed by atoms with Gasteiger partial charge in [0.25, 0.3) is 0 Å². The van der Waals surface area contributed by atoms with Gasteiger partial charge in [-0.25, -0.2) is 18.7 Å². The molecule has 0 aliphatic heterocycles. The molecule has 0 saturated heterocycles. The van der Waals surface area contributed by atoms with E-state index in [0.717, 1.165) is 29.0 Å². The topological polar surface area (TPSA) is 103 Å². The molecule has 0 radical (unpaired) electrons. The normalized spacial score (nSPS) is 13.5. The summed E-state index contributed by atoms with van der Waals surface area (Å²) < 4.78 is 17.1. The molecule has 1 fully saturated rings. The van der Waals surface area contributed by atoms with Gasteiger partial charge in [-0.1, -0.05) is 0 Å². The van der Waals surface area contributed by atoms with E-state index in [2.05, 4.69) is 20.1 Å². The Morgan fingerprint density at radius 2 is 1.97 bits per heavy atom. The van der Waals surface area contributed by atoms with Crippen LogP contribution in [0, 0.1) is 25.6 Å². The van der Waals surface area contributed by atoms with E-state index < -0.39 is 0 Å². The van der Waals surface area contributed by atoms with Gasteiger partial charge >= 0.3 is 0 Å². The van der Waals surface area contributed by atoms with Crippen molar-refractivity contribution in [3.63, 3.8) is 0 Å². The number of H-pyrrole nitrogens is 1. The summed E-state index contributed by atoms with van der Waals surface area (Å²) in [5.74, 6) is 1.23. The van der Waals surface area contributed by atoms with Gasteiger partial charge in [0.15, 0.2) is 5.82 Å². The van der Waals surface area contributed by atoms with Crippen molar-refractivity contribution in [2.24, 2.45) is 5.92 Å². The highest BCUT2D eigenvalue weighted by molar-refractivity contribution is 5.89. The van der Waals surface area contributed by atoms with Crippen molar-refractivity contribution in [3.05, 3.63) is 59.9 Å². The molecule has 1 aliphatic rings. The van der Waals surface area contributed by atoms with E-state index >= 15 is 0 Å². The molecule has 3 N–H and O–H groups in total. The molecule has 5 rings (SSSR count). The fourth-order valence-corrected chi connectivity index (χ4v) is 3.66. The minimum Gasteiger partial charge on any atom is -0.385 e. The minimum absolute atomic E-state index is 0.388. The van der Waals surface area contributed by atoms with Crippen molar-refractivity contribution in [2.45, 2.75) is 33.2 Å². The van der Waals surface area contributed by atoms with Gasteiger partial charge in [0.05, 0.1) is 17.6 Å². The second-order valence-corrected chi connectivity index (χ2v) is 7.96. The van der Waals surface area contributed by atoms with Gasteiger partial charge in [-0.05, 0) is 56.9 Å². The second-order valence-electron chi connectivity index (χ2n) is 7.96. The largest absolute Gasteiger partial charge is 0.385 e. The fraction of sp³-hybridized carbons (Fsp3) is 0.273. The summed E-state index contributed by atoms with van der Waals surface area (Å²) in [6.45, 7) is 4.68. The van der Waals surface area contributed by atoms with Crippen LogP contribution in [-0.2, 0) is 6.54 Å². The minimum atomic E-state index is -0.388. The van der Waals surface area contributed by atoms with E-state index in [4.69, 9.17) is 10.8 Å². The van der Waals surface area contributed by atoms with Gasteiger partial charge < -0.3 is 10.7 Å². The number of halogens is 1. The van der Waals surface area contributed by atoms with Crippen molar-refractivity contribution >= 4 is 16.9 Å². The zero-order valence-electron chi connectivity index (χ0n) is 17.4. The standard InChI is InChI=1S/C22H23FN8/c1-13-9-14(2)31(28-13)20-10-19(24)27-22-17(7-8-25-20)21(18-6-5-16(23)11-26-18)29-30(22)12-15-3-4-15/h5-11,15,27H,3-4,12,24H2,1-2H3. The highest BCUT2D eigenvalue weighted by Crippen LogP contribution is 2.33. The monoisotopic (exact) mass is 418 g/mol. The Balaban J connectivity index is 1.74. The Kier molecular flexibility index (Phi) is 4.65. The Morgan fingerprint density at radius 1 is 1.13 bits per heavy atom. The molecule has 0 atom stereocenters. The van der Waals surface area contributed by atoms with E-state index in [1.54, 1.807) is 23.0 Å². The maximum absolute atomic E-state index is 13.4. The summed E-state index contributed by atoms with van der Waals surface area (Å²) >= 11 is 0. The van der Waals surface area contributed by atoms with Crippen molar-refractivity contribution in [1.82, 2.24) is 34.5 Å². The lowest BCUT2D eigenvalue weighted by molar-refractivity contribution is 0.577. The lowest BCUT2D eigenvalue weighted by atomic mass is 10.2. The summed E-state index contributed by atoms with van der Waals surface area (Å²) in [5.41, 5.74) is 10.2. The van der Waals surface area contributed by atoms with Crippen LogP contribution in [-0.4, -0.2) is 34.5 Å². The molecule has 0 spiro atoms. The number of fused-ring (bicyclic) bond motifs is 1. The number of hydrogen-bond acceptors (Lipinski definition) is 5. The van der Waals surface area contributed by atoms with Crippen LogP contribution < -0.4 is 5.73 Å². The summed E-state index contributed by atoms with van der Waals surface area (Å²) in [6, 6.07) is 8.62. The molecule has 0 bridgehead atoms. The molecule has 4 aromatic rings. The second kappa shape index (κ2) is 7.50. The molecular weight excluding hydrogens is 395 g/mol. The average Bonchev–Trinajstić information content (AvgIpc) is 3.38. The SMILES string of the molecule is Cc1cc(C)n(-c2cc(N)[nH]c3c(ccn2)c(-c2ccc(F)cn2)nn3CC2CC2)n1. The number of nitrogen functional groups attached to an aromatic ring is 1. The van der Waals surface area contributed by atoms with Gasteiger partial charge in [-0.3, -0.25) is 4.98 Å². The number of rotatable bonds is 4. The zero-order chi connectivity index (χ0) is 21.5. The first-order valence-corrected chi connectivity index (χ1v) is 10.2. The first kappa shape index (κ1) is 19.2. The number of nitrogens with one attached hydrogen (secondary N) is 1. The van der Waals surface area contributed by atoms with Crippen molar-refractivity contribution in [2.75, 3.05) is 5.73 Å². The van der Waals surface area contributed by atoms with E-state index in [1.807, 2.05) is 30.7 Å². The summed E-state index contributed by atoms with van der Waals surface area (Å²) in [6.07, 6.45) is 5.27. The third-order valence-corrected chi connectivity index (χ3v) is 5.31. The molecule has 4 heterocycles. The number of anilines is 1. The average molecular weight is 418 g/mol. The van der Waals surface area contributed by atoms with Gasteiger partial charge in [-0.15, -0.1) is 0 Å². The molecule has 158 valence electrons. The number of hydrogen-bond donors (Lipinski definition) is 2. The molecule has 0 unspecified atom stereocenters. The first-order valence-electron chi connectivity index (χ1n) is 10.2. The Labute approximate surface area is 178 Å². The van der Waals surface area contributed by atoms with Crippen molar-refractivity contribution in [1.29, 1.82) is 0 Å². The Morgan fingerprint density at radius 3 is 2.65 bits per heavy atom. The number of nitrogens with zero attached hydrogens (tertiary/aromatic N) is 6. The molecule has 8 nitrogen and oxygen atoms in total. The Bertz CT molecular complexity index is 1310. The highest BCUT2D eigenvalue weighted by Gasteiger charge is 2.24. The van der Waals surface area contributed by atoms with E-state index in [9.17, 15) is 4.39 Å². The summed E-state index contributed by atoms with van der Waals surface area (Å²) in [5, 5.41) is 10.1. The molecule has 31 heavy (non-hydrogen) atoms. The lowest BCUT2D eigenvalue weighted by Crippen LogP contribution is -2.04. The van der Waals surface area contributed by atoms with Crippen LogP contribution in [0.25, 0.3) is 28.2 Å². The number of pyridine rings is 1. The van der Waals surface area contributed by atoms with Gasteiger partial charge in [-0.2, -0.15) is 10.2 Å². The van der Waals surface area contributed by atoms with E-state index in [-0.39, 0.29) is 5.82 Å². The molecule has 1 saturated carbocycles. The van der Waals surface area contributed by atoms with Gasteiger partial charge in [0, 0.05) is 29.9 Å². The number of aromatic nitrogens is 7. The van der Waals surface area contributed by atoms with Crippen LogP contribution >= 0.6 is 0 Å². The van der Waals surface area contributed by atoms with Crippen molar-refractivity contribution < 1.29 is 4.39 Å². The van der Waals surface area contributed by atoms with Crippen LogP contribution in [0.1, 0.15) is 24.2 Å². The number of aryl methyl sites for hydroxylation is 2. The molecule has 9 heteroatoms. The smallest absolute Gasteiger partial charge is 0.157 e.